The predicted molar refractivity (Wildman–Crippen MR) is 257 cm³/mol. The van der Waals surface area contributed by atoms with Crippen LogP contribution in [0, 0.1) is 0 Å². The minimum atomic E-state index is -4.40. The van der Waals surface area contributed by atoms with E-state index >= 15 is 0 Å². The van der Waals surface area contributed by atoms with Gasteiger partial charge in [-0.3, -0.25) is 0 Å². The molecule has 0 saturated heterocycles. The molecule has 0 aliphatic rings. The fourth-order valence-electron chi connectivity index (χ4n) is 6.08. The summed E-state index contributed by atoms with van der Waals surface area (Å²) in [4.78, 5) is 0. The van der Waals surface area contributed by atoms with Crippen LogP contribution in [0.2, 0.25) is 0 Å². The van der Waals surface area contributed by atoms with Gasteiger partial charge in [0.05, 0.1) is 12.3 Å². The number of hydrogen-bond donors (Lipinski definition) is 2. The molecule has 340 valence electrons. The third-order valence-corrected chi connectivity index (χ3v) is 17.1. The summed E-state index contributed by atoms with van der Waals surface area (Å²) in [7, 11) is -20.2. The quantitative estimate of drug-likeness (QED) is 0.0886. The van der Waals surface area contributed by atoms with E-state index in [0.29, 0.717) is 0 Å². The Hall–Kier alpha value is -0.582. The van der Waals surface area contributed by atoms with Crippen LogP contribution in [0.4, 0.5) is 0 Å². The SMILES string of the molecule is CC[P+](c1ccccc1)(c1ccccc1)c1ccccc1.CC[P+](c1ccccc1)(c1ccccc1)c1ccccc1.[O]=[Mn](=[O])([O-])[I].[O]=[Mn](=[O])([O-])[I].[O]=[Mn](=[O])([OH])[I].[O]=[Mn](=[O])([OH])[I]. The van der Waals surface area contributed by atoms with E-state index in [1.165, 1.54) is 31.8 Å². The van der Waals surface area contributed by atoms with Gasteiger partial charge in [0.15, 0.2) is 0 Å². The molecular formula is C40H42I4Mn4O12P2. The second-order valence-corrected chi connectivity index (χ2v) is 40.7. The van der Waals surface area contributed by atoms with E-state index in [0.717, 1.165) is 93.7 Å². The zero-order valence-electron chi connectivity index (χ0n) is 32.6. The molecule has 0 bridgehead atoms. The van der Waals surface area contributed by atoms with Gasteiger partial charge in [-0.05, 0) is 86.6 Å². The summed E-state index contributed by atoms with van der Waals surface area (Å²) in [6.07, 6.45) is 2.29. The Morgan fingerprint density at radius 3 is 0.532 bits per heavy atom. The Bertz CT molecular complexity index is 2160. The van der Waals surface area contributed by atoms with Gasteiger partial charge in [0.25, 0.3) is 0 Å². The molecule has 6 aromatic carbocycles. The van der Waals surface area contributed by atoms with Crippen LogP contribution in [0.15, 0.2) is 182 Å². The normalized spacial score (nSPS) is 11.4. The van der Waals surface area contributed by atoms with Crippen LogP contribution in [0.3, 0.4) is 0 Å². The first-order valence-electron chi connectivity index (χ1n) is 17.3. The van der Waals surface area contributed by atoms with E-state index in [-0.39, 0.29) is 0 Å². The van der Waals surface area contributed by atoms with Gasteiger partial charge in [-0.15, -0.1) is 0 Å². The van der Waals surface area contributed by atoms with E-state index in [9.17, 15) is 15.3 Å². The average molecular weight is 1500 g/mol. The fourth-order valence-corrected chi connectivity index (χ4v) is 14.2. The van der Waals surface area contributed by atoms with E-state index in [1.54, 1.807) is 0 Å². The molecule has 6 rings (SSSR count). The molecule has 0 fully saturated rings. The molecule has 0 radical (unpaired) electrons. The first kappa shape index (κ1) is 59.4. The Morgan fingerprint density at radius 2 is 0.452 bits per heavy atom. The van der Waals surface area contributed by atoms with Gasteiger partial charge < -0.3 is 0 Å². The van der Waals surface area contributed by atoms with Crippen molar-refractivity contribution in [3.63, 3.8) is 0 Å². The number of benzene rings is 6. The summed E-state index contributed by atoms with van der Waals surface area (Å²) >= 11 is 3.63. The Labute approximate surface area is 416 Å². The summed E-state index contributed by atoms with van der Waals surface area (Å²) in [5.74, 6) is 0. The van der Waals surface area contributed by atoms with Crippen LogP contribution in [-0.2, 0) is 69.8 Å². The van der Waals surface area contributed by atoms with Gasteiger partial charge in [-0.25, -0.2) is 0 Å². The monoisotopic (exact) mass is 1500 g/mol. The Kier molecular flexibility index (Phi) is 28.0. The summed E-state index contributed by atoms with van der Waals surface area (Å²) in [5.41, 5.74) is 0. The van der Waals surface area contributed by atoms with Crippen molar-refractivity contribution in [3.8, 4) is 0 Å². The number of halogens is 4. The first-order chi connectivity index (χ1) is 28.8. The summed E-state index contributed by atoms with van der Waals surface area (Å²) in [6.45, 7) is 4.64. The van der Waals surface area contributed by atoms with E-state index in [4.69, 9.17) is 32.1 Å². The van der Waals surface area contributed by atoms with Gasteiger partial charge in [0.2, 0.25) is 0 Å². The van der Waals surface area contributed by atoms with Crippen LogP contribution in [0.25, 0.3) is 0 Å². The van der Waals surface area contributed by atoms with Crippen molar-refractivity contribution in [2.24, 2.45) is 0 Å². The Balaban J connectivity index is 0.000000435. The molecule has 2 N–H and O–H groups in total. The second-order valence-electron chi connectivity index (χ2n) is 11.8. The summed E-state index contributed by atoms with van der Waals surface area (Å²) in [6, 6.07) is 66.0. The van der Waals surface area contributed by atoms with Crippen molar-refractivity contribution in [2.45, 2.75) is 13.8 Å². The summed E-state index contributed by atoms with van der Waals surface area (Å²) < 4.78 is 107. The molecule has 0 atom stereocenters. The molecule has 0 saturated carbocycles. The molecular weight excluding hydrogens is 1460 g/mol. The molecule has 0 amide bonds. The molecule has 0 aliphatic heterocycles. The van der Waals surface area contributed by atoms with Gasteiger partial charge in [-0.2, -0.15) is 0 Å². The van der Waals surface area contributed by atoms with Crippen molar-refractivity contribution in [2.75, 3.05) is 12.3 Å². The minimum absolute atomic E-state index is 0.851. The van der Waals surface area contributed by atoms with E-state index in [1.807, 2.05) is 0 Å². The molecule has 0 aromatic heterocycles. The zero-order valence-corrected chi connectivity index (χ0v) is 47.8. The Morgan fingerprint density at radius 1 is 0.355 bits per heavy atom. The van der Waals surface area contributed by atoms with E-state index < -0.39 is 53.7 Å². The maximum absolute atomic E-state index is 9.23. The molecule has 22 heteroatoms. The summed E-state index contributed by atoms with van der Waals surface area (Å²) in [5, 5.41) is 8.78. The second kappa shape index (κ2) is 29.2. The van der Waals surface area contributed by atoms with Crippen molar-refractivity contribution in [1.82, 2.24) is 0 Å². The van der Waals surface area contributed by atoms with Crippen molar-refractivity contribution in [3.05, 3.63) is 182 Å². The van der Waals surface area contributed by atoms with Crippen LogP contribution in [-0.4, -0.2) is 20.7 Å². The van der Waals surface area contributed by atoms with Gasteiger partial charge >= 0.3 is 168 Å². The third-order valence-electron chi connectivity index (χ3n) is 8.13. The first-order valence-corrected chi connectivity index (χ1v) is 42.4. The van der Waals surface area contributed by atoms with Crippen LogP contribution < -0.4 is 40.2 Å². The van der Waals surface area contributed by atoms with Crippen LogP contribution >= 0.6 is 95.9 Å². The zero-order chi connectivity index (χ0) is 47.1. The molecule has 0 heterocycles. The number of rotatable bonds is 8. The topological polar surface area (TPSA) is 223 Å². The molecule has 0 aliphatic carbocycles. The molecule has 6 aromatic rings. The van der Waals surface area contributed by atoms with Gasteiger partial charge in [-0.1, -0.05) is 109 Å². The van der Waals surface area contributed by atoms with Crippen molar-refractivity contribution in [1.29, 1.82) is 0 Å². The van der Waals surface area contributed by atoms with Crippen molar-refractivity contribution < 1.29 is 86.6 Å². The van der Waals surface area contributed by atoms with Crippen LogP contribution in [0.5, 0.6) is 0 Å². The van der Waals surface area contributed by atoms with Crippen molar-refractivity contribution >= 4 is 128 Å². The molecule has 62 heavy (non-hydrogen) atoms. The van der Waals surface area contributed by atoms with Crippen LogP contribution in [0.1, 0.15) is 13.8 Å². The molecule has 12 nitrogen and oxygen atoms in total. The maximum atomic E-state index is 9.23. The van der Waals surface area contributed by atoms with E-state index in [2.05, 4.69) is 196 Å². The number of hydrogen-bond acceptors (Lipinski definition) is 10. The molecule has 0 unspecified atom stereocenters. The average Bonchev–Trinajstić information content (AvgIpc) is 3.19. The third kappa shape index (κ3) is 25.4. The fraction of sp³-hybridized carbons (Fsp3) is 0.100. The standard InChI is InChI=1S/2C20H20P.4HI.4Mn.2H2O.10O/c2*1-2-21(18-12-6-3-7-13-18,19-14-8-4-9-15-19)20-16-10-5-11-17-20;;;;;;;;;;;;;;;;;;;;/h2*3-17H,2H2,1H3;4*1H;;;;;2*1H2;;;;;;;;;;/q2*+1;;;;;2*+1;2*+2;;;;;;;;;;;2*-1/p-6. The molecule has 0 spiro atoms. The van der Waals surface area contributed by atoms with Gasteiger partial charge in [0.1, 0.15) is 46.4 Å². The van der Waals surface area contributed by atoms with Gasteiger partial charge in [0, 0.05) is 0 Å². The predicted octanol–water partition coefficient (Wildman–Crippen LogP) is 7.09.